The van der Waals surface area contributed by atoms with Crippen LogP contribution in [0.2, 0.25) is 0 Å². The van der Waals surface area contributed by atoms with Gasteiger partial charge in [0.15, 0.2) is 9.84 Å². The molecule has 3 fully saturated rings. The molecule has 6 nitrogen and oxygen atoms in total. The molecular formula is C40H49N3O3S. The zero-order valence-electron chi connectivity index (χ0n) is 27.8. The van der Waals surface area contributed by atoms with Crippen LogP contribution in [0.5, 0.6) is 0 Å². The number of anilines is 2. The Balaban J connectivity index is 1.24. The number of hydrogen-bond donors (Lipinski definition) is 1. The Bertz CT molecular complexity index is 1620. The zero-order valence-corrected chi connectivity index (χ0v) is 28.6. The van der Waals surface area contributed by atoms with Crippen LogP contribution in [0.3, 0.4) is 0 Å². The van der Waals surface area contributed by atoms with E-state index in [0.29, 0.717) is 28.9 Å². The number of hydrogen-bond acceptors (Lipinski definition) is 5. The Labute approximate surface area is 281 Å². The fourth-order valence-electron chi connectivity index (χ4n) is 7.53. The summed E-state index contributed by atoms with van der Waals surface area (Å²) in [5.41, 5.74) is 6.67. The molecule has 7 heteroatoms. The summed E-state index contributed by atoms with van der Waals surface area (Å²) in [5, 5.41) is 12.5. The molecule has 0 unspecified atom stereocenters. The number of nitrogens with zero attached hydrogens (tertiary/aromatic N) is 2. The lowest BCUT2D eigenvalue weighted by Crippen LogP contribution is -2.28. The monoisotopic (exact) mass is 651 g/mol. The molecule has 3 saturated carbocycles. The van der Waals surface area contributed by atoms with E-state index in [1.807, 2.05) is 12.1 Å². The molecule has 6 rings (SSSR count). The van der Waals surface area contributed by atoms with Gasteiger partial charge in [0.25, 0.3) is 5.91 Å². The quantitative estimate of drug-likeness (QED) is 0.211. The lowest BCUT2D eigenvalue weighted by atomic mass is 9.79. The summed E-state index contributed by atoms with van der Waals surface area (Å²) in [7, 11) is -3.33. The molecule has 3 aliphatic rings. The van der Waals surface area contributed by atoms with E-state index in [4.69, 9.17) is 0 Å². The van der Waals surface area contributed by atoms with Crippen LogP contribution >= 0.6 is 0 Å². The SMILES string of the molecule is CCS(=O)(=O)c1ccc([C@H](CC#N)NC(=O)c2ccc(N(CC3CC3)c3cc(C4CCCCC4)cc(C4CCCCC4)c3)cc2)cc1. The van der Waals surface area contributed by atoms with Gasteiger partial charge in [0.2, 0.25) is 0 Å². The zero-order chi connectivity index (χ0) is 32.8. The van der Waals surface area contributed by atoms with Gasteiger partial charge in [-0.2, -0.15) is 5.26 Å². The van der Waals surface area contributed by atoms with E-state index in [9.17, 15) is 18.5 Å². The Hall–Kier alpha value is -3.63. The maximum atomic E-state index is 13.4. The van der Waals surface area contributed by atoms with E-state index in [2.05, 4.69) is 46.6 Å². The van der Waals surface area contributed by atoms with Gasteiger partial charge >= 0.3 is 0 Å². The first-order valence-corrected chi connectivity index (χ1v) is 19.5. The van der Waals surface area contributed by atoms with Gasteiger partial charge in [-0.05, 0) is 121 Å². The van der Waals surface area contributed by atoms with Crippen molar-refractivity contribution >= 4 is 27.1 Å². The molecule has 3 aliphatic carbocycles. The third kappa shape index (κ3) is 8.27. The van der Waals surface area contributed by atoms with E-state index in [1.54, 1.807) is 31.2 Å². The summed E-state index contributed by atoms with van der Waals surface area (Å²) in [6.07, 6.45) is 15.8. The molecule has 0 saturated heterocycles. The third-order valence-corrected chi connectivity index (χ3v) is 12.4. The summed E-state index contributed by atoms with van der Waals surface area (Å²) in [4.78, 5) is 16.2. The van der Waals surface area contributed by atoms with Gasteiger partial charge in [-0.15, -0.1) is 0 Å². The minimum absolute atomic E-state index is 0.0203. The second-order valence-corrected chi connectivity index (χ2v) is 16.3. The molecule has 0 aliphatic heterocycles. The second-order valence-electron chi connectivity index (χ2n) is 14.0. The molecular weight excluding hydrogens is 603 g/mol. The summed E-state index contributed by atoms with van der Waals surface area (Å²) < 4.78 is 24.5. The van der Waals surface area contributed by atoms with Crippen LogP contribution in [-0.2, 0) is 9.84 Å². The first-order valence-electron chi connectivity index (χ1n) is 17.9. The molecule has 0 spiro atoms. The van der Waals surface area contributed by atoms with Crippen molar-refractivity contribution in [3.8, 4) is 6.07 Å². The molecule has 1 N–H and O–H groups in total. The van der Waals surface area contributed by atoms with Gasteiger partial charge in [0.05, 0.1) is 29.2 Å². The highest BCUT2D eigenvalue weighted by Gasteiger charge is 2.28. The minimum Gasteiger partial charge on any atom is -0.344 e. The van der Waals surface area contributed by atoms with Crippen molar-refractivity contribution in [2.75, 3.05) is 17.2 Å². The number of carbonyl (C=O) groups is 1. The molecule has 1 atom stereocenters. The second kappa shape index (κ2) is 15.1. The lowest BCUT2D eigenvalue weighted by Gasteiger charge is -2.31. The van der Waals surface area contributed by atoms with Crippen LogP contribution in [0.15, 0.2) is 71.6 Å². The number of sulfone groups is 1. The van der Waals surface area contributed by atoms with Crippen molar-refractivity contribution in [2.24, 2.45) is 5.92 Å². The summed E-state index contributed by atoms with van der Waals surface area (Å²) in [5.74, 6) is 1.75. The number of carbonyl (C=O) groups excluding carboxylic acids is 1. The maximum Gasteiger partial charge on any atom is 0.251 e. The topological polar surface area (TPSA) is 90.3 Å². The molecule has 0 bridgehead atoms. The van der Waals surface area contributed by atoms with Gasteiger partial charge in [0, 0.05) is 23.5 Å². The van der Waals surface area contributed by atoms with Crippen LogP contribution in [-0.4, -0.2) is 26.6 Å². The molecule has 1 amide bonds. The smallest absolute Gasteiger partial charge is 0.251 e. The van der Waals surface area contributed by atoms with Crippen molar-refractivity contribution in [2.45, 2.75) is 113 Å². The fraction of sp³-hybridized carbons (Fsp3) is 0.500. The molecule has 47 heavy (non-hydrogen) atoms. The number of rotatable bonds is 12. The summed E-state index contributed by atoms with van der Waals surface area (Å²) >= 11 is 0. The van der Waals surface area contributed by atoms with Gasteiger partial charge in [0.1, 0.15) is 0 Å². The molecule has 0 radical (unpaired) electrons. The van der Waals surface area contributed by atoms with Gasteiger partial charge in [-0.3, -0.25) is 4.79 Å². The summed E-state index contributed by atoms with van der Waals surface area (Å²) in [6, 6.07) is 23.5. The highest BCUT2D eigenvalue weighted by molar-refractivity contribution is 7.91. The van der Waals surface area contributed by atoms with Crippen molar-refractivity contribution < 1.29 is 13.2 Å². The highest BCUT2D eigenvalue weighted by Crippen LogP contribution is 2.42. The fourth-order valence-corrected chi connectivity index (χ4v) is 8.41. The predicted molar refractivity (Wildman–Crippen MR) is 189 cm³/mol. The Morgan fingerprint density at radius 3 is 1.89 bits per heavy atom. The lowest BCUT2D eigenvalue weighted by molar-refractivity contribution is 0.0937. The normalized spacial score (nSPS) is 18.3. The van der Waals surface area contributed by atoms with E-state index >= 15 is 0 Å². The summed E-state index contributed by atoms with van der Waals surface area (Å²) in [6.45, 7) is 2.60. The van der Waals surface area contributed by atoms with Gasteiger partial charge in [-0.1, -0.05) is 63.6 Å². The molecule has 0 heterocycles. The van der Waals surface area contributed by atoms with Crippen LogP contribution in [0.25, 0.3) is 0 Å². The first kappa shape index (κ1) is 33.3. The number of benzene rings is 3. The first-order chi connectivity index (χ1) is 22.8. The van der Waals surface area contributed by atoms with E-state index in [-0.39, 0.29) is 23.0 Å². The molecule has 0 aromatic heterocycles. The van der Waals surface area contributed by atoms with E-state index in [0.717, 1.165) is 12.2 Å². The molecule has 248 valence electrons. The Kier molecular flexibility index (Phi) is 10.7. The van der Waals surface area contributed by atoms with Crippen molar-refractivity contribution in [1.82, 2.24) is 5.32 Å². The molecule has 3 aromatic rings. The van der Waals surface area contributed by atoms with Gasteiger partial charge < -0.3 is 10.2 Å². The number of nitriles is 1. The maximum absolute atomic E-state index is 13.4. The van der Waals surface area contributed by atoms with Gasteiger partial charge in [-0.25, -0.2) is 8.42 Å². The van der Waals surface area contributed by atoms with Crippen LogP contribution in [0.1, 0.15) is 135 Å². The van der Waals surface area contributed by atoms with E-state index < -0.39 is 15.9 Å². The average molecular weight is 652 g/mol. The van der Waals surface area contributed by atoms with Crippen molar-refractivity contribution in [3.05, 3.63) is 89.0 Å². The van der Waals surface area contributed by atoms with E-state index in [1.165, 1.54) is 93.9 Å². The highest BCUT2D eigenvalue weighted by atomic mass is 32.2. The number of nitrogens with one attached hydrogen (secondary N) is 1. The van der Waals surface area contributed by atoms with Crippen LogP contribution < -0.4 is 10.2 Å². The number of amides is 1. The molecule has 3 aromatic carbocycles. The standard InChI is InChI=1S/C40H49N3O3S/c1-2-47(45,46)38-21-17-32(18-22-38)39(23-24-41)42-40(44)33-15-19-36(20-16-33)43(28-29-13-14-29)37-26-34(30-9-5-3-6-10-30)25-35(27-37)31-11-7-4-8-12-31/h15-22,25-27,29-31,39H,2-14,23,28H2,1H3,(H,42,44)/t39-/m0/s1. The third-order valence-electron chi connectivity index (χ3n) is 10.6. The largest absolute Gasteiger partial charge is 0.344 e. The van der Waals surface area contributed by atoms with Crippen molar-refractivity contribution in [3.63, 3.8) is 0 Å². The Morgan fingerprint density at radius 1 is 0.809 bits per heavy atom. The van der Waals surface area contributed by atoms with Crippen LogP contribution in [0.4, 0.5) is 11.4 Å². The average Bonchev–Trinajstić information content (AvgIpc) is 3.95. The van der Waals surface area contributed by atoms with Crippen LogP contribution in [0, 0.1) is 17.2 Å². The van der Waals surface area contributed by atoms with Crippen molar-refractivity contribution in [1.29, 1.82) is 5.26 Å². The minimum atomic E-state index is -3.33. The Morgan fingerprint density at radius 2 is 1.38 bits per heavy atom. The predicted octanol–water partition coefficient (Wildman–Crippen LogP) is 9.51.